The summed E-state index contributed by atoms with van der Waals surface area (Å²) < 4.78 is 1.53. The Balaban J connectivity index is 2.16. The maximum Gasteiger partial charge on any atom is 0.267 e. The molecule has 0 saturated carbocycles. The van der Waals surface area contributed by atoms with Crippen LogP contribution in [0.15, 0.2) is 10.9 Å². The lowest BCUT2D eigenvalue weighted by molar-refractivity contribution is -0.129. The Morgan fingerprint density at radius 3 is 2.65 bits per heavy atom. The highest BCUT2D eigenvalue weighted by molar-refractivity contribution is 5.81. The molecule has 1 aromatic rings. The molecule has 1 heterocycles. The van der Waals surface area contributed by atoms with E-state index in [0.29, 0.717) is 6.54 Å². The molecule has 0 bridgehead atoms. The van der Waals surface area contributed by atoms with Gasteiger partial charge in [-0.2, -0.15) is 5.10 Å². The molecule has 5 nitrogen and oxygen atoms in total. The maximum atomic E-state index is 12.3. The van der Waals surface area contributed by atoms with E-state index in [1.807, 2.05) is 27.7 Å². The highest BCUT2D eigenvalue weighted by atomic mass is 16.2. The van der Waals surface area contributed by atoms with Crippen LogP contribution >= 0.6 is 0 Å². The van der Waals surface area contributed by atoms with Crippen LogP contribution in [0.2, 0.25) is 0 Å². The fourth-order valence-electron chi connectivity index (χ4n) is 2.80. The molecule has 0 aliphatic heterocycles. The second-order valence-electron chi connectivity index (χ2n) is 7.53. The molecule has 23 heavy (non-hydrogen) atoms. The number of nitrogens with zero attached hydrogens (tertiary/aromatic N) is 2. The van der Waals surface area contributed by atoms with Crippen LogP contribution in [0, 0.1) is 5.41 Å². The van der Waals surface area contributed by atoms with Crippen molar-refractivity contribution in [3.05, 3.63) is 27.7 Å². The molecule has 5 heteroatoms. The molecule has 128 valence electrons. The van der Waals surface area contributed by atoms with Crippen LogP contribution in [-0.4, -0.2) is 21.7 Å². The zero-order valence-corrected chi connectivity index (χ0v) is 14.8. The summed E-state index contributed by atoms with van der Waals surface area (Å²) in [5.74, 6) is 0.00663. The van der Waals surface area contributed by atoms with E-state index in [4.69, 9.17) is 0 Å². The minimum atomic E-state index is -0.431. The summed E-state index contributed by atoms with van der Waals surface area (Å²) in [7, 11) is 0. The highest BCUT2D eigenvalue weighted by Crippen LogP contribution is 2.17. The van der Waals surface area contributed by atoms with Crippen molar-refractivity contribution in [2.24, 2.45) is 5.41 Å². The predicted octanol–water partition coefficient (Wildman–Crippen LogP) is 2.45. The lowest BCUT2D eigenvalue weighted by Crippen LogP contribution is -2.45. The summed E-state index contributed by atoms with van der Waals surface area (Å²) in [6, 6.07) is 1.67. The Kier molecular flexibility index (Phi) is 5.60. The van der Waals surface area contributed by atoms with E-state index in [1.54, 1.807) is 6.07 Å². The summed E-state index contributed by atoms with van der Waals surface area (Å²) in [5, 5.41) is 7.62. The van der Waals surface area contributed by atoms with E-state index in [0.717, 1.165) is 43.4 Å². The summed E-state index contributed by atoms with van der Waals surface area (Å²) in [5.41, 5.74) is 1.67. The van der Waals surface area contributed by atoms with Gasteiger partial charge in [-0.15, -0.1) is 0 Å². The summed E-state index contributed by atoms with van der Waals surface area (Å²) in [6.45, 7) is 8.12. The van der Waals surface area contributed by atoms with Crippen molar-refractivity contribution in [1.29, 1.82) is 0 Å². The number of hydrogen-bond acceptors (Lipinski definition) is 3. The fraction of sp³-hybridized carbons (Fsp3) is 0.722. The largest absolute Gasteiger partial charge is 0.351 e. The molecule has 0 unspecified atom stereocenters. The quantitative estimate of drug-likeness (QED) is 0.867. The SMILES string of the molecule is CC[C@@H](Cn1nc2c(cc1=O)CCCCC2)NC(=O)C(C)(C)C. The third-order valence-corrected chi connectivity index (χ3v) is 4.43. The van der Waals surface area contributed by atoms with Crippen LogP contribution < -0.4 is 10.9 Å². The van der Waals surface area contributed by atoms with E-state index in [2.05, 4.69) is 10.4 Å². The average Bonchev–Trinajstić information content (AvgIpc) is 2.70. The lowest BCUT2D eigenvalue weighted by Gasteiger charge is -2.24. The second-order valence-corrected chi connectivity index (χ2v) is 7.53. The number of carbonyl (C=O) groups is 1. The van der Waals surface area contributed by atoms with Gasteiger partial charge in [0.05, 0.1) is 12.2 Å². The smallest absolute Gasteiger partial charge is 0.267 e. The van der Waals surface area contributed by atoms with E-state index in [-0.39, 0.29) is 17.5 Å². The number of nitrogens with one attached hydrogen (secondary N) is 1. The van der Waals surface area contributed by atoms with Gasteiger partial charge in [0, 0.05) is 17.5 Å². The van der Waals surface area contributed by atoms with Crippen molar-refractivity contribution < 1.29 is 4.79 Å². The second kappa shape index (κ2) is 7.28. The number of hydrogen-bond donors (Lipinski definition) is 1. The fourth-order valence-corrected chi connectivity index (χ4v) is 2.80. The third kappa shape index (κ3) is 4.66. The summed E-state index contributed by atoms with van der Waals surface area (Å²) >= 11 is 0. The van der Waals surface area contributed by atoms with E-state index >= 15 is 0 Å². The van der Waals surface area contributed by atoms with Gasteiger partial charge < -0.3 is 5.32 Å². The van der Waals surface area contributed by atoms with Crippen LogP contribution in [0.25, 0.3) is 0 Å². The van der Waals surface area contributed by atoms with Gasteiger partial charge in [0.1, 0.15) is 0 Å². The standard InChI is InChI=1S/C18H29N3O2/c1-5-14(19-17(23)18(2,3)4)12-21-16(22)11-13-9-7-6-8-10-15(13)20-21/h11,14H,5-10,12H2,1-4H3,(H,19,23)/t14-/m0/s1. The lowest BCUT2D eigenvalue weighted by atomic mass is 9.95. The zero-order chi connectivity index (χ0) is 17.0. The van der Waals surface area contributed by atoms with Gasteiger partial charge in [-0.1, -0.05) is 34.1 Å². The van der Waals surface area contributed by atoms with Gasteiger partial charge in [-0.25, -0.2) is 4.68 Å². The molecule has 1 aliphatic carbocycles. The van der Waals surface area contributed by atoms with Crippen LogP contribution in [0.4, 0.5) is 0 Å². The normalized spacial score (nSPS) is 16.3. The Morgan fingerprint density at radius 1 is 1.30 bits per heavy atom. The monoisotopic (exact) mass is 319 g/mol. The summed E-state index contributed by atoms with van der Waals surface area (Å²) in [4.78, 5) is 24.5. The molecule has 1 aromatic heterocycles. The molecular weight excluding hydrogens is 290 g/mol. The number of rotatable bonds is 4. The van der Waals surface area contributed by atoms with E-state index in [1.165, 1.54) is 11.1 Å². The number of aromatic nitrogens is 2. The highest BCUT2D eigenvalue weighted by Gasteiger charge is 2.24. The van der Waals surface area contributed by atoms with Crippen molar-refractivity contribution in [3.63, 3.8) is 0 Å². The van der Waals surface area contributed by atoms with Gasteiger partial charge in [0.15, 0.2) is 0 Å². The molecule has 1 aliphatic rings. The molecule has 2 rings (SSSR count). The van der Waals surface area contributed by atoms with E-state index in [9.17, 15) is 9.59 Å². The molecule has 0 radical (unpaired) electrons. The third-order valence-electron chi connectivity index (χ3n) is 4.43. The molecule has 0 aromatic carbocycles. The van der Waals surface area contributed by atoms with Gasteiger partial charge >= 0.3 is 0 Å². The number of fused-ring (bicyclic) bond motifs is 1. The predicted molar refractivity (Wildman–Crippen MR) is 91.4 cm³/mol. The first-order valence-corrected chi connectivity index (χ1v) is 8.72. The average molecular weight is 319 g/mol. The van der Waals surface area contributed by atoms with Gasteiger partial charge in [-0.3, -0.25) is 9.59 Å². The first-order chi connectivity index (χ1) is 10.8. The Labute approximate surface area is 138 Å². The Morgan fingerprint density at radius 2 is 2.00 bits per heavy atom. The van der Waals surface area contributed by atoms with Gasteiger partial charge in [-0.05, 0) is 37.7 Å². The summed E-state index contributed by atoms with van der Waals surface area (Å²) in [6.07, 6.45) is 6.14. The molecule has 0 fully saturated rings. The topological polar surface area (TPSA) is 64.0 Å². The van der Waals surface area contributed by atoms with Crippen LogP contribution in [0.1, 0.15) is 64.6 Å². The molecule has 1 atom stereocenters. The van der Waals surface area contributed by atoms with Gasteiger partial charge in [0.25, 0.3) is 5.56 Å². The first kappa shape index (κ1) is 17.7. The number of carbonyl (C=O) groups excluding carboxylic acids is 1. The molecule has 0 spiro atoms. The van der Waals surface area contributed by atoms with Crippen molar-refractivity contribution in [2.75, 3.05) is 0 Å². The molecular formula is C18H29N3O2. The van der Waals surface area contributed by atoms with Crippen molar-refractivity contribution >= 4 is 5.91 Å². The van der Waals surface area contributed by atoms with Crippen molar-refractivity contribution in [3.8, 4) is 0 Å². The molecule has 1 N–H and O–H groups in total. The van der Waals surface area contributed by atoms with E-state index < -0.39 is 5.41 Å². The first-order valence-electron chi connectivity index (χ1n) is 8.72. The Hall–Kier alpha value is -1.65. The van der Waals surface area contributed by atoms with Crippen molar-refractivity contribution in [1.82, 2.24) is 15.1 Å². The van der Waals surface area contributed by atoms with Crippen LogP contribution in [0.3, 0.4) is 0 Å². The maximum absolute atomic E-state index is 12.3. The number of amides is 1. The minimum absolute atomic E-state index is 0.00663. The Bertz CT molecular complexity index is 614. The van der Waals surface area contributed by atoms with Crippen LogP contribution in [-0.2, 0) is 24.2 Å². The van der Waals surface area contributed by atoms with Crippen molar-refractivity contribution in [2.45, 2.75) is 78.8 Å². The zero-order valence-electron chi connectivity index (χ0n) is 14.8. The van der Waals surface area contributed by atoms with Gasteiger partial charge in [0.2, 0.25) is 5.91 Å². The molecule has 1 amide bonds. The van der Waals surface area contributed by atoms with Crippen LogP contribution in [0.5, 0.6) is 0 Å². The number of aryl methyl sites for hydroxylation is 2. The molecule has 0 saturated heterocycles. The minimum Gasteiger partial charge on any atom is -0.351 e.